The minimum atomic E-state index is -3.61. The molecule has 1 unspecified atom stereocenters. The Labute approximate surface area is 130 Å². The Morgan fingerprint density at radius 2 is 2.20 bits per heavy atom. The minimum absolute atomic E-state index is 0. The number of nitrogens with two attached hydrogens (primary N) is 1. The van der Waals surface area contributed by atoms with E-state index in [2.05, 4.69) is 5.10 Å². The van der Waals surface area contributed by atoms with Gasteiger partial charge in [-0.3, -0.25) is 4.68 Å². The predicted octanol–water partition coefficient (Wildman–Crippen LogP) is 1.39. The molecule has 1 saturated heterocycles. The molecule has 1 aliphatic heterocycles. The molecule has 2 N–H and O–H groups in total. The smallest absolute Gasteiger partial charge is 0.261 e. The third-order valence-electron chi connectivity index (χ3n) is 3.47. The van der Waals surface area contributed by atoms with Gasteiger partial charge in [-0.15, -0.1) is 12.4 Å². The topological polar surface area (TPSA) is 81.2 Å². The molecule has 0 spiro atoms. The molecule has 0 saturated carbocycles. The molecule has 1 atom stereocenters. The lowest BCUT2D eigenvalue weighted by molar-refractivity contribution is 0.242. The molecule has 1 aromatic rings. The van der Waals surface area contributed by atoms with Crippen LogP contribution < -0.4 is 5.73 Å². The van der Waals surface area contributed by atoms with Crippen molar-refractivity contribution in [1.29, 1.82) is 0 Å². The van der Waals surface area contributed by atoms with Crippen molar-refractivity contribution in [3.8, 4) is 0 Å². The number of aromatic nitrogens is 2. The van der Waals surface area contributed by atoms with Crippen LogP contribution in [0.5, 0.6) is 0 Å². The maximum atomic E-state index is 12.7. The van der Waals surface area contributed by atoms with Crippen molar-refractivity contribution in [2.45, 2.75) is 36.8 Å². The van der Waals surface area contributed by atoms with Crippen molar-refractivity contribution in [2.75, 3.05) is 13.1 Å². The van der Waals surface area contributed by atoms with E-state index in [4.69, 9.17) is 17.3 Å². The molecule has 1 aliphatic rings. The maximum Gasteiger partial charge on any atom is 0.261 e. The highest BCUT2D eigenvalue weighted by Crippen LogP contribution is 2.29. The van der Waals surface area contributed by atoms with Gasteiger partial charge in [0.05, 0.1) is 11.2 Å². The van der Waals surface area contributed by atoms with Gasteiger partial charge in [0.1, 0.15) is 0 Å². The molecule has 0 aromatic carbocycles. The van der Waals surface area contributed by atoms with Gasteiger partial charge in [-0.25, -0.2) is 8.42 Å². The summed E-state index contributed by atoms with van der Waals surface area (Å²) in [7, 11) is -2.02. The van der Waals surface area contributed by atoms with Crippen LogP contribution in [-0.4, -0.2) is 41.6 Å². The van der Waals surface area contributed by atoms with E-state index >= 15 is 0 Å². The maximum absolute atomic E-state index is 12.7. The average Bonchev–Trinajstić information content (AvgIpc) is 2.70. The zero-order valence-corrected chi connectivity index (χ0v) is 13.7. The number of rotatable bonds is 4. The van der Waals surface area contributed by atoms with Gasteiger partial charge in [0, 0.05) is 19.6 Å². The quantitative estimate of drug-likeness (QED) is 0.896. The standard InChI is InChI=1S/C11H19ClN4O2S.ClH/c1-15-11(10(12)8-14-15)19(17,18)16-7-3-2-4-9(16)5-6-13;/h8-9H,2-7,13H2,1H3;1H. The number of aryl methyl sites for hydroxylation is 1. The number of halogens is 2. The zero-order chi connectivity index (χ0) is 14.0. The van der Waals surface area contributed by atoms with Crippen molar-refractivity contribution in [3.05, 3.63) is 11.2 Å². The van der Waals surface area contributed by atoms with E-state index < -0.39 is 10.0 Å². The zero-order valence-electron chi connectivity index (χ0n) is 11.3. The van der Waals surface area contributed by atoms with E-state index in [-0.39, 0.29) is 28.5 Å². The van der Waals surface area contributed by atoms with Gasteiger partial charge >= 0.3 is 0 Å². The first-order valence-electron chi connectivity index (χ1n) is 6.38. The van der Waals surface area contributed by atoms with Crippen LogP contribution >= 0.6 is 24.0 Å². The molecule has 0 bridgehead atoms. The van der Waals surface area contributed by atoms with E-state index in [1.54, 1.807) is 7.05 Å². The number of hydrogen-bond donors (Lipinski definition) is 1. The van der Waals surface area contributed by atoms with Gasteiger partial charge in [-0.1, -0.05) is 18.0 Å². The van der Waals surface area contributed by atoms with Gasteiger partial charge in [-0.2, -0.15) is 9.40 Å². The second kappa shape index (κ2) is 7.09. The average molecular weight is 343 g/mol. The first-order chi connectivity index (χ1) is 8.98. The fraction of sp³-hybridized carbons (Fsp3) is 0.727. The second-order valence-corrected chi connectivity index (χ2v) is 6.98. The molecule has 1 fully saturated rings. The summed E-state index contributed by atoms with van der Waals surface area (Å²) in [6, 6.07) is -0.0327. The molecule has 2 heterocycles. The second-order valence-electron chi connectivity index (χ2n) is 4.76. The SMILES string of the molecule is Cl.Cn1ncc(Cl)c1S(=O)(=O)N1CCCCC1CCN. The largest absolute Gasteiger partial charge is 0.330 e. The monoisotopic (exact) mass is 342 g/mol. The Bertz CT molecular complexity index is 525. The van der Waals surface area contributed by atoms with E-state index in [9.17, 15) is 8.42 Å². The third-order valence-corrected chi connectivity index (χ3v) is 5.93. The molecule has 116 valence electrons. The lowest BCUT2D eigenvalue weighted by atomic mass is 10.0. The van der Waals surface area contributed by atoms with Gasteiger partial charge in [-0.05, 0) is 25.8 Å². The molecule has 0 radical (unpaired) electrons. The molecule has 6 nitrogen and oxygen atoms in total. The van der Waals surface area contributed by atoms with Crippen LogP contribution in [0.1, 0.15) is 25.7 Å². The number of nitrogens with zero attached hydrogens (tertiary/aromatic N) is 3. The molecule has 20 heavy (non-hydrogen) atoms. The van der Waals surface area contributed by atoms with Crippen molar-refractivity contribution < 1.29 is 8.42 Å². The minimum Gasteiger partial charge on any atom is -0.330 e. The van der Waals surface area contributed by atoms with Crippen LogP contribution in [0.4, 0.5) is 0 Å². The molecular formula is C11H20Cl2N4O2S. The molecule has 0 aliphatic carbocycles. The van der Waals surface area contributed by atoms with Crippen LogP contribution in [0.2, 0.25) is 5.02 Å². The molecule has 9 heteroatoms. The first kappa shape index (κ1) is 17.7. The van der Waals surface area contributed by atoms with Crippen LogP contribution in [0.3, 0.4) is 0 Å². The van der Waals surface area contributed by atoms with E-state index in [0.29, 0.717) is 19.5 Å². The summed E-state index contributed by atoms with van der Waals surface area (Å²) in [6.45, 7) is 1.00. The fourth-order valence-electron chi connectivity index (χ4n) is 2.57. The van der Waals surface area contributed by atoms with Crippen molar-refractivity contribution in [2.24, 2.45) is 12.8 Å². The lowest BCUT2D eigenvalue weighted by Gasteiger charge is -2.34. The van der Waals surface area contributed by atoms with Crippen molar-refractivity contribution in [3.63, 3.8) is 0 Å². The van der Waals surface area contributed by atoms with Gasteiger partial charge < -0.3 is 5.73 Å². The van der Waals surface area contributed by atoms with Crippen LogP contribution in [0, 0.1) is 0 Å². The summed E-state index contributed by atoms with van der Waals surface area (Å²) in [6.07, 6.45) is 4.79. The van der Waals surface area contributed by atoms with Gasteiger partial charge in [0.25, 0.3) is 10.0 Å². The number of piperidine rings is 1. The Kier molecular flexibility index (Phi) is 6.27. The van der Waals surface area contributed by atoms with Crippen LogP contribution in [0.25, 0.3) is 0 Å². The van der Waals surface area contributed by atoms with Crippen molar-refractivity contribution in [1.82, 2.24) is 14.1 Å². The van der Waals surface area contributed by atoms with E-state index in [1.165, 1.54) is 15.2 Å². The van der Waals surface area contributed by atoms with Crippen LogP contribution in [0.15, 0.2) is 11.2 Å². The normalized spacial score (nSPS) is 20.6. The lowest BCUT2D eigenvalue weighted by Crippen LogP contribution is -2.45. The summed E-state index contributed by atoms with van der Waals surface area (Å²) in [5, 5.41) is 4.14. The Morgan fingerprint density at radius 3 is 2.75 bits per heavy atom. The van der Waals surface area contributed by atoms with Crippen LogP contribution in [-0.2, 0) is 17.1 Å². The van der Waals surface area contributed by atoms with Gasteiger partial charge in [0.2, 0.25) is 0 Å². The molecule has 0 amide bonds. The third kappa shape index (κ3) is 3.28. The highest BCUT2D eigenvalue weighted by molar-refractivity contribution is 7.89. The first-order valence-corrected chi connectivity index (χ1v) is 8.19. The highest BCUT2D eigenvalue weighted by atomic mass is 35.5. The Hall–Kier alpha value is -0.340. The van der Waals surface area contributed by atoms with Gasteiger partial charge in [0.15, 0.2) is 5.03 Å². The fourth-order valence-corrected chi connectivity index (χ4v) is 4.91. The summed E-state index contributed by atoms with van der Waals surface area (Å²) in [5.41, 5.74) is 5.58. The molecule has 1 aromatic heterocycles. The Balaban J connectivity index is 0.00000200. The summed E-state index contributed by atoms with van der Waals surface area (Å²) < 4.78 is 28.3. The van der Waals surface area contributed by atoms with E-state index in [1.807, 2.05) is 0 Å². The van der Waals surface area contributed by atoms with Crippen molar-refractivity contribution >= 4 is 34.0 Å². The number of hydrogen-bond acceptors (Lipinski definition) is 4. The number of sulfonamides is 1. The summed E-state index contributed by atoms with van der Waals surface area (Å²) >= 11 is 5.96. The predicted molar refractivity (Wildman–Crippen MR) is 80.7 cm³/mol. The molecular weight excluding hydrogens is 323 g/mol. The van der Waals surface area contributed by atoms with E-state index in [0.717, 1.165) is 19.3 Å². The summed E-state index contributed by atoms with van der Waals surface area (Å²) in [4.78, 5) is 0. The Morgan fingerprint density at radius 1 is 1.50 bits per heavy atom. The summed E-state index contributed by atoms with van der Waals surface area (Å²) in [5.74, 6) is 0. The highest BCUT2D eigenvalue weighted by Gasteiger charge is 2.36. The molecule has 2 rings (SSSR count).